The normalized spacial score (nSPS) is 12.9. The van der Waals surface area contributed by atoms with Crippen molar-refractivity contribution < 1.29 is 4.42 Å². The molecule has 0 radical (unpaired) electrons. The van der Waals surface area contributed by atoms with E-state index in [0.29, 0.717) is 0 Å². The van der Waals surface area contributed by atoms with Gasteiger partial charge in [-0.05, 0) is 35.8 Å². The number of hydrogen-bond acceptors (Lipinski definition) is 4. The van der Waals surface area contributed by atoms with Gasteiger partial charge in [-0.25, -0.2) is 5.43 Å². The smallest absolute Gasteiger partial charge is 0.105 e. The van der Waals surface area contributed by atoms with Crippen LogP contribution in [0.3, 0.4) is 0 Å². The molecule has 17 heavy (non-hydrogen) atoms. The van der Waals surface area contributed by atoms with E-state index in [4.69, 9.17) is 10.3 Å². The molecule has 0 aliphatic heterocycles. The Hall–Kier alpha value is -1.11. The van der Waals surface area contributed by atoms with Crippen molar-refractivity contribution >= 4 is 15.9 Å². The Morgan fingerprint density at radius 2 is 2.41 bits per heavy atom. The second-order valence-corrected chi connectivity index (χ2v) is 4.58. The van der Waals surface area contributed by atoms with Crippen molar-refractivity contribution in [1.82, 2.24) is 15.2 Å². The van der Waals surface area contributed by atoms with E-state index in [-0.39, 0.29) is 6.04 Å². The fraction of sp³-hybridized carbons (Fsp3) is 0.364. The molecule has 0 amide bonds. The summed E-state index contributed by atoms with van der Waals surface area (Å²) in [7, 11) is 0. The van der Waals surface area contributed by atoms with Crippen molar-refractivity contribution in [1.29, 1.82) is 0 Å². The molecule has 2 aromatic rings. The van der Waals surface area contributed by atoms with Crippen LogP contribution in [-0.2, 0) is 6.54 Å². The summed E-state index contributed by atoms with van der Waals surface area (Å²) >= 11 is 3.50. The lowest BCUT2D eigenvalue weighted by atomic mass is 10.1. The van der Waals surface area contributed by atoms with Crippen LogP contribution in [0.2, 0.25) is 0 Å². The van der Waals surface area contributed by atoms with Gasteiger partial charge in [0.25, 0.3) is 0 Å². The molecule has 0 saturated heterocycles. The summed E-state index contributed by atoms with van der Waals surface area (Å²) in [6.45, 7) is 4.75. The zero-order valence-electron chi connectivity index (χ0n) is 9.77. The Morgan fingerprint density at radius 1 is 1.65 bits per heavy atom. The molecular formula is C11H15BrN4O. The number of nitrogens with zero attached hydrogens (tertiary/aromatic N) is 2. The van der Waals surface area contributed by atoms with Crippen molar-refractivity contribution in [3.05, 3.63) is 40.0 Å². The highest BCUT2D eigenvalue weighted by atomic mass is 79.9. The third-order valence-electron chi connectivity index (χ3n) is 2.78. The molecule has 5 nitrogen and oxygen atoms in total. The predicted octanol–water partition coefficient (Wildman–Crippen LogP) is 2.12. The first-order chi connectivity index (χ1) is 8.19. The number of nitrogens with one attached hydrogen (secondary N) is 1. The summed E-state index contributed by atoms with van der Waals surface area (Å²) in [5, 5.41) is 4.29. The average molecular weight is 299 g/mol. The Balaban J connectivity index is 2.49. The molecule has 6 heteroatoms. The molecule has 2 aromatic heterocycles. The van der Waals surface area contributed by atoms with Gasteiger partial charge in [0.2, 0.25) is 0 Å². The molecular weight excluding hydrogens is 284 g/mol. The molecule has 1 unspecified atom stereocenters. The van der Waals surface area contributed by atoms with Gasteiger partial charge in [0.1, 0.15) is 5.76 Å². The number of furan rings is 1. The van der Waals surface area contributed by atoms with E-state index in [1.54, 1.807) is 12.5 Å². The first kappa shape index (κ1) is 12.3. The number of hydrogen-bond donors (Lipinski definition) is 2. The minimum atomic E-state index is -0.134. The minimum absolute atomic E-state index is 0.134. The zero-order chi connectivity index (χ0) is 12.4. The fourth-order valence-electron chi connectivity index (χ4n) is 1.92. The summed E-state index contributed by atoms with van der Waals surface area (Å²) in [5.74, 6) is 6.51. The number of aryl methyl sites for hydroxylation is 2. The van der Waals surface area contributed by atoms with Crippen LogP contribution in [0.5, 0.6) is 0 Å². The highest BCUT2D eigenvalue weighted by Gasteiger charge is 2.23. The van der Waals surface area contributed by atoms with Gasteiger partial charge in [-0.3, -0.25) is 10.5 Å². The van der Waals surface area contributed by atoms with Crippen molar-refractivity contribution in [2.24, 2.45) is 5.84 Å². The van der Waals surface area contributed by atoms with Crippen molar-refractivity contribution in [3.8, 4) is 0 Å². The molecule has 0 aliphatic carbocycles. The minimum Gasteiger partial charge on any atom is -0.469 e. The zero-order valence-corrected chi connectivity index (χ0v) is 11.4. The van der Waals surface area contributed by atoms with E-state index in [1.807, 2.05) is 24.6 Å². The van der Waals surface area contributed by atoms with Gasteiger partial charge in [0.15, 0.2) is 0 Å². The molecule has 0 bridgehead atoms. The summed E-state index contributed by atoms with van der Waals surface area (Å²) in [4.78, 5) is 0. The molecule has 2 heterocycles. The van der Waals surface area contributed by atoms with Gasteiger partial charge in [0, 0.05) is 12.1 Å². The van der Waals surface area contributed by atoms with Crippen molar-refractivity contribution in [2.75, 3.05) is 0 Å². The van der Waals surface area contributed by atoms with E-state index in [0.717, 1.165) is 28.0 Å². The Bertz CT molecular complexity index is 505. The van der Waals surface area contributed by atoms with Crippen LogP contribution in [0.25, 0.3) is 0 Å². The quantitative estimate of drug-likeness (QED) is 0.670. The molecule has 3 N–H and O–H groups in total. The Kier molecular flexibility index (Phi) is 3.66. The lowest BCUT2D eigenvalue weighted by Gasteiger charge is -2.17. The lowest BCUT2D eigenvalue weighted by Crippen LogP contribution is -2.31. The largest absolute Gasteiger partial charge is 0.469 e. The van der Waals surface area contributed by atoms with Crippen LogP contribution in [0, 0.1) is 6.92 Å². The number of aromatic nitrogens is 2. The van der Waals surface area contributed by atoms with Crippen LogP contribution >= 0.6 is 15.9 Å². The standard InChI is InChI=1S/C11H15BrN4O/c1-3-16-11(9(12)6-14-16)10(15-13)8-4-5-17-7(8)2/h4-6,10,15H,3,13H2,1-2H3. The molecule has 2 rings (SSSR count). The van der Waals surface area contributed by atoms with Crippen molar-refractivity contribution in [2.45, 2.75) is 26.4 Å². The maximum atomic E-state index is 5.66. The second kappa shape index (κ2) is 5.03. The van der Waals surface area contributed by atoms with Crippen LogP contribution in [0.4, 0.5) is 0 Å². The molecule has 92 valence electrons. The third-order valence-corrected chi connectivity index (χ3v) is 3.39. The van der Waals surface area contributed by atoms with E-state index in [1.165, 1.54) is 0 Å². The highest BCUT2D eigenvalue weighted by molar-refractivity contribution is 9.10. The number of nitrogens with two attached hydrogens (primary N) is 1. The summed E-state index contributed by atoms with van der Waals surface area (Å²) in [6, 6.07) is 1.78. The lowest BCUT2D eigenvalue weighted by molar-refractivity contribution is 0.505. The Morgan fingerprint density at radius 3 is 2.94 bits per heavy atom. The first-order valence-electron chi connectivity index (χ1n) is 5.40. The Labute approximate surface area is 108 Å². The summed E-state index contributed by atoms with van der Waals surface area (Å²) < 4.78 is 8.16. The van der Waals surface area contributed by atoms with Gasteiger partial charge in [-0.15, -0.1) is 0 Å². The predicted molar refractivity (Wildman–Crippen MR) is 68.2 cm³/mol. The molecule has 0 aromatic carbocycles. The average Bonchev–Trinajstić information content (AvgIpc) is 2.89. The monoisotopic (exact) mass is 298 g/mol. The molecule has 1 atom stereocenters. The molecule has 0 fully saturated rings. The van der Waals surface area contributed by atoms with E-state index in [9.17, 15) is 0 Å². The SMILES string of the molecule is CCn1ncc(Br)c1C(NN)c1ccoc1C. The third kappa shape index (κ3) is 2.15. The summed E-state index contributed by atoms with van der Waals surface area (Å²) in [6.07, 6.45) is 3.44. The number of halogens is 1. The van der Waals surface area contributed by atoms with Crippen LogP contribution < -0.4 is 11.3 Å². The van der Waals surface area contributed by atoms with Gasteiger partial charge >= 0.3 is 0 Å². The fourth-order valence-corrected chi connectivity index (χ4v) is 2.45. The number of hydrazine groups is 1. The number of rotatable bonds is 4. The maximum Gasteiger partial charge on any atom is 0.105 e. The van der Waals surface area contributed by atoms with Crippen LogP contribution in [0.15, 0.2) is 27.4 Å². The van der Waals surface area contributed by atoms with E-state index < -0.39 is 0 Å². The van der Waals surface area contributed by atoms with Gasteiger partial charge in [-0.2, -0.15) is 5.10 Å². The van der Waals surface area contributed by atoms with Crippen LogP contribution in [0.1, 0.15) is 30.0 Å². The highest BCUT2D eigenvalue weighted by Crippen LogP contribution is 2.30. The van der Waals surface area contributed by atoms with E-state index >= 15 is 0 Å². The second-order valence-electron chi connectivity index (χ2n) is 3.73. The topological polar surface area (TPSA) is 69.0 Å². The molecule has 0 saturated carbocycles. The molecule has 0 spiro atoms. The van der Waals surface area contributed by atoms with Crippen molar-refractivity contribution in [3.63, 3.8) is 0 Å². The van der Waals surface area contributed by atoms with Gasteiger partial charge in [0.05, 0.1) is 28.7 Å². The van der Waals surface area contributed by atoms with Gasteiger partial charge in [-0.1, -0.05) is 0 Å². The first-order valence-corrected chi connectivity index (χ1v) is 6.19. The van der Waals surface area contributed by atoms with Crippen LogP contribution in [-0.4, -0.2) is 9.78 Å². The summed E-state index contributed by atoms with van der Waals surface area (Å²) in [5.41, 5.74) is 4.83. The van der Waals surface area contributed by atoms with E-state index in [2.05, 4.69) is 26.5 Å². The van der Waals surface area contributed by atoms with Gasteiger partial charge < -0.3 is 4.42 Å². The maximum absolute atomic E-state index is 5.66. The molecule has 0 aliphatic rings.